The Labute approximate surface area is 88.1 Å². The first-order valence-electron chi connectivity index (χ1n) is 1.61. The van der Waals surface area contributed by atoms with Crippen molar-refractivity contribution in [1.82, 2.24) is 0 Å². The van der Waals surface area contributed by atoms with Crippen LogP contribution in [-0.4, -0.2) is 39.2 Å². The van der Waals surface area contributed by atoms with Gasteiger partial charge in [0.05, 0.1) is 0 Å². The number of carboxylic acids is 1. The van der Waals surface area contributed by atoms with E-state index in [9.17, 15) is 4.79 Å². The van der Waals surface area contributed by atoms with Crippen LogP contribution in [0.3, 0.4) is 0 Å². The van der Waals surface area contributed by atoms with Crippen molar-refractivity contribution >= 4 is 70.9 Å². The van der Waals surface area contributed by atoms with Crippen LogP contribution in [0.25, 0.3) is 0 Å². The van der Waals surface area contributed by atoms with Gasteiger partial charge in [0.1, 0.15) is 3.92 Å². The summed E-state index contributed by atoms with van der Waals surface area (Å²) in [6, 6.07) is 0. The van der Waals surface area contributed by atoms with Gasteiger partial charge in [-0.3, -0.25) is 4.79 Å². The number of hydrogen-bond donors (Lipinski definition) is 1. The van der Waals surface area contributed by atoms with Crippen molar-refractivity contribution in [3.63, 3.8) is 0 Å². The second-order valence-corrected chi connectivity index (χ2v) is 3.34. The topological polar surface area (TPSA) is 37.3 Å². The molecule has 1 N–H and O–H groups in total. The zero-order chi connectivity index (χ0) is 5.86. The van der Waals surface area contributed by atoms with E-state index in [1.165, 1.54) is 0 Å². The van der Waals surface area contributed by atoms with Crippen LogP contribution in [0.1, 0.15) is 0 Å². The van der Waals surface area contributed by atoms with Crippen molar-refractivity contribution < 1.29 is 9.90 Å². The summed E-state index contributed by atoms with van der Waals surface area (Å²) in [6.07, 6.45) is 0. The molecule has 0 saturated carbocycles. The van der Waals surface area contributed by atoms with Gasteiger partial charge in [0, 0.05) is 4.43 Å². The van der Waals surface area contributed by atoms with Crippen molar-refractivity contribution in [2.24, 2.45) is 0 Å². The molecule has 0 aliphatic carbocycles. The van der Waals surface area contributed by atoms with E-state index in [-0.39, 0.29) is 23.7 Å². The molecule has 2 nitrogen and oxygen atoms in total. The average molecular weight is 399 g/mol. The van der Waals surface area contributed by atoms with Crippen LogP contribution in [0, 0.1) is 0 Å². The molecule has 1 atom stereocenters. The second kappa shape index (κ2) is 6.68. The van der Waals surface area contributed by atoms with Gasteiger partial charge in [-0.2, -0.15) is 0 Å². The van der Waals surface area contributed by atoms with Gasteiger partial charge in [0.25, 0.3) is 0 Å². The molecule has 0 fully saturated rings. The van der Waals surface area contributed by atoms with Crippen LogP contribution in [0.4, 0.5) is 0 Å². The summed E-state index contributed by atoms with van der Waals surface area (Å²) in [5.41, 5.74) is 0. The molecule has 0 bridgehead atoms. The molecule has 5 heteroatoms. The molecule has 0 spiro atoms. The maximum absolute atomic E-state index is 9.92. The molecule has 0 aliphatic heterocycles. The van der Waals surface area contributed by atoms with Gasteiger partial charge < -0.3 is 5.11 Å². The fourth-order valence-electron chi connectivity index (χ4n) is 0.0660. The van der Waals surface area contributed by atoms with E-state index in [1.807, 2.05) is 45.2 Å². The Morgan fingerprint density at radius 2 is 2.12 bits per heavy atom. The van der Waals surface area contributed by atoms with Crippen molar-refractivity contribution in [3.8, 4) is 0 Å². The fourth-order valence-corrected chi connectivity index (χ4v) is 0.443. The van der Waals surface area contributed by atoms with Crippen molar-refractivity contribution in [2.45, 2.75) is 3.92 Å². The van der Waals surface area contributed by atoms with E-state index in [1.54, 1.807) is 0 Å². The summed E-state index contributed by atoms with van der Waals surface area (Å²) < 4.78 is 0.450. The van der Waals surface area contributed by atoms with Gasteiger partial charge in [0.15, 0.2) is 0 Å². The van der Waals surface area contributed by atoms with Gasteiger partial charge in [0.2, 0.25) is 0 Å². The number of carbonyl (C=O) groups is 1. The normalized spacial score (nSPS) is 11.8. The van der Waals surface area contributed by atoms with Gasteiger partial charge >= 0.3 is 25.8 Å². The Hall–Kier alpha value is 1.57. The van der Waals surface area contributed by atoms with Crippen LogP contribution >= 0.6 is 45.2 Å². The van der Waals surface area contributed by atoms with E-state index in [2.05, 4.69) is 0 Å². The summed E-state index contributed by atoms with van der Waals surface area (Å²) in [5, 5.41) is 8.17. The minimum absolute atomic E-state index is 0. The van der Waals surface area contributed by atoms with Gasteiger partial charge in [-0.05, 0) is 0 Å². The van der Waals surface area contributed by atoms with Crippen molar-refractivity contribution in [3.05, 3.63) is 0 Å². The van der Waals surface area contributed by atoms with Crippen LogP contribution in [-0.2, 0) is 4.79 Å². The molecule has 0 aromatic heterocycles. The van der Waals surface area contributed by atoms with E-state index in [0.717, 1.165) is 0 Å². The Morgan fingerprint density at radius 3 is 2.12 bits per heavy atom. The Kier molecular flexibility index (Phi) is 10.2. The van der Waals surface area contributed by atoms with Gasteiger partial charge in [-0.15, -0.1) is 0 Å². The Balaban J connectivity index is 0. The third-order valence-electron chi connectivity index (χ3n) is 0.403. The standard InChI is InChI=1S/C3H4I2O2.Ga.3H/c4-1-2(5)3(6)7;;;;/h2H,1H2,(H,6,7);;;;. The molecule has 0 amide bonds. The van der Waals surface area contributed by atoms with Crippen LogP contribution in [0.5, 0.6) is 0 Å². The summed E-state index contributed by atoms with van der Waals surface area (Å²) in [5.74, 6) is -0.727. The second-order valence-electron chi connectivity index (χ2n) is 0.960. The molecular weight excluding hydrogens is 392 g/mol. The number of carboxylic acid groups (broad SMARTS) is 1. The number of hydrogen-bond acceptors (Lipinski definition) is 1. The van der Waals surface area contributed by atoms with Crippen LogP contribution in [0.2, 0.25) is 0 Å². The summed E-state index contributed by atoms with van der Waals surface area (Å²) in [6.45, 7) is 0. The molecular formula is C3H7GaI2O2. The Bertz CT molecular complexity index is 77.7. The molecule has 48 valence electrons. The fraction of sp³-hybridized carbons (Fsp3) is 0.667. The molecule has 0 radical (unpaired) electrons. The summed E-state index contributed by atoms with van der Waals surface area (Å²) >= 11 is 3.93. The molecule has 0 aromatic carbocycles. The van der Waals surface area contributed by atoms with Crippen molar-refractivity contribution in [1.29, 1.82) is 0 Å². The van der Waals surface area contributed by atoms with E-state index >= 15 is 0 Å². The molecule has 8 heavy (non-hydrogen) atoms. The van der Waals surface area contributed by atoms with Gasteiger partial charge in [-0.1, -0.05) is 45.2 Å². The molecule has 0 saturated heterocycles. The third-order valence-corrected chi connectivity index (χ3v) is 3.94. The predicted octanol–water partition coefficient (Wildman–Crippen LogP) is 0.126. The number of aliphatic carboxylic acids is 1. The number of alkyl halides is 2. The summed E-state index contributed by atoms with van der Waals surface area (Å²) in [4.78, 5) is 9.92. The quantitative estimate of drug-likeness (QED) is 0.408. The first kappa shape index (κ1) is 12.3. The van der Waals surface area contributed by atoms with E-state index < -0.39 is 5.97 Å². The van der Waals surface area contributed by atoms with Crippen LogP contribution < -0.4 is 0 Å². The molecule has 0 heterocycles. The molecule has 0 aliphatic rings. The van der Waals surface area contributed by atoms with Gasteiger partial charge in [-0.25, -0.2) is 0 Å². The summed E-state index contributed by atoms with van der Waals surface area (Å²) in [7, 11) is 0. The number of rotatable bonds is 2. The molecule has 1 unspecified atom stereocenters. The van der Waals surface area contributed by atoms with Crippen LogP contribution in [0.15, 0.2) is 0 Å². The average Bonchev–Trinajstić information content (AvgIpc) is 1.65. The monoisotopic (exact) mass is 398 g/mol. The third kappa shape index (κ3) is 5.70. The zero-order valence-corrected chi connectivity index (χ0v) is 7.71. The maximum atomic E-state index is 9.92. The first-order valence-corrected chi connectivity index (χ1v) is 4.38. The molecule has 0 aromatic rings. The van der Waals surface area contributed by atoms with Crippen molar-refractivity contribution in [2.75, 3.05) is 4.43 Å². The predicted molar refractivity (Wildman–Crippen MR) is 54.3 cm³/mol. The molecule has 0 rings (SSSR count). The minimum atomic E-state index is -0.727. The zero-order valence-electron chi connectivity index (χ0n) is 3.40. The van der Waals surface area contributed by atoms with E-state index in [0.29, 0.717) is 4.43 Å². The van der Waals surface area contributed by atoms with E-state index in [4.69, 9.17) is 5.11 Å². The SMILES string of the molecule is O=C(O)C(I)CI.[GaH3]. The Morgan fingerprint density at radius 1 is 1.75 bits per heavy atom. The first-order chi connectivity index (χ1) is 3.18. The number of halogens is 2.